The maximum Gasteiger partial charge on any atom is 0.330 e. The van der Waals surface area contributed by atoms with Crippen molar-refractivity contribution in [3.8, 4) is 11.3 Å². The Morgan fingerprint density at radius 2 is 1.95 bits per heavy atom. The molecule has 0 saturated carbocycles. The van der Waals surface area contributed by atoms with Gasteiger partial charge < -0.3 is 9.64 Å². The SMILES string of the molecule is CCOC(=O)/C=C/c1cccc(-c2cc3nc(C(=O)N4CCc5ccccc5[C@H]4C)cc(CC)n3n2)c1F. The molecule has 38 heavy (non-hydrogen) atoms. The molecule has 5 rings (SSSR count). The van der Waals surface area contributed by atoms with Gasteiger partial charge in [0.25, 0.3) is 5.91 Å². The van der Waals surface area contributed by atoms with E-state index >= 15 is 4.39 Å². The van der Waals surface area contributed by atoms with E-state index in [1.807, 2.05) is 30.9 Å². The van der Waals surface area contributed by atoms with Crippen LogP contribution in [0, 0.1) is 5.82 Å². The van der Waals surface area contributed by atoms with Gasteiger partial charge in [-0.25, -0.2) is 18.7 Å². The van der Waals surface area contributed by atoms with Crippen molar-refractivity contribution >= 4 is 23.6 Å². The normalized spacial score (nSPS) is 15.2. The second-order valence-electron chi connectivity index (χ2n) is 9.20. The number of carbonyl (C=O) groups excluding carboxylic acids is 2. The average molecular weight is 513 g/mol. The van der Waals surface area contributed by atoms with Crippen LogP contribution in [0.5, 0.6) is 0 Å². The summed E-state index contributed by atoms with van der Waals surface area (Å²) in [4.78, 5) is 31.8. The highest BCUT2D eigenvalue weighted by Gasteiger charge is 2.29. The first-order valence-electron chi connectivity index (χ1n) is 12.8. The highest BCUT2D eigenvalue weighted by atomic mass is 19.1. The third-order valence-corrected chi connectivity index (χ3v) is 6.93. The van der Waals surface area contributed by atoms with Gasteiger partial charge in [-0.15, -0.1) is 0 Å². The van der Waals surface area contributed by atoms with Gasteiger partial charge in [-0.2, -0.15) is 5.10 Å². The van der Waals surface area contributed by atoms with Gasteiger partial charge in [-0.1, -0.05) is 43.3 Å². The Balaban J connectivity index is 1.49. The minimum atomic E-state index is -0.537. The molecule has 8 heteroatoms. The first-order valence-corrected chi connectivity index (χ1v) is 12.8. The molecule has 2 aromatic carbocycles. The molecule has 4 aromatic rings. The fourth-order valence-corrected chi connectivity index (χ4v) is 4.95. The molecular formula is C30H29FN4O3. The van der Waals surface area contributed by atoms with Crippen LogP contribution in [0.1, 0.15) is 59.7 Å². The van der Waals surface area contributed by atoms with E-state index in [2.05, 4.69) is 22.2 Å². The molecular weight excluding hydrogens is 483 g/mol. The predicted molar refractivity (Wildman–Crippen MR) is 143 cm³/mol. The van der Waals surface area contributed by atoms with Gasteiger partial charge in [-0.05, 0) is 56.0 Å². The third-order valence-electron chi connectivity index (χ3n) is 6.93. The van der Waals surface area contributed by atoms with Gasteiger partial charge in [0.1, 0.15) is 11.5 Å². The lowest BCUT2D eigenvalue weighted by Crippen LogP contribution is -2.39. The number of carbonyl (C=O) groups is 2. The summed E-state index contributed by atoms with van der Waals surface area (Å²) in [6.07, 6.45) is 4.00. The van der Waals surface area contributed by atoms with Crippen LogP contribution in [-0.2, 0) is 22.4 Å². The summed E-state index contributed by atoms with van der Waals surface area (Å²) in [7, 11) is 0. The summed E-state index contributed by atoms with van der Waals surface area (Å²) < 4.78 is 21.9. The van der Waals surface area contributed by atoms with Crippen molar-refractivity contribution in [2.45, 2.75) is 39.7 Å². The van der Waals surface area contributed by atoms with Crippen molar-refractivity contribution in [3.05, 3.63) is 94.6 Å². The van der Waals surface area contributed by atoms with E-state index in [4.69, 9.17) is 4.74 Å². The van der Waals surface area contributed by atoms with Gasteiger partial charge in [0.2, 0.25) is 0 Å². The molecule has 0 N–H and O–H groups in total. The molecule has 3 heterocycles. The molecule has 7 nitrogen and oxygen atoms in total. The van der Waals surface area contributed by atoms with E-state index in [1.165, 1.54) is 17.7 Å². The number of hydrogen-bond acceptors (Lipinski definition) is 5. The molecule has 0 spiro atoms. The Morgan fingerprint density at radius 1 is 1.13 bits per heavy atom. The number of benzene rings is 2. The van der Waals surface area contributed by atoms with Crippen LogP contribution >= 0.6 is 0 Å². The number of aryl methyl sites for hydroxylation is 1. The topological polar surface area (TPSA) is 76.8 Å². The second kappa shape index (κ2) is 10.6. The molecule has 0 radical (unpaired) electrons. The van der Waals surface area contributed by atoms with Crippen LogP contribution in [0.15, 0.2) is 60.7 Å². The van der Waals surface area contributed by atoms with Gasteiger partial charge in [-0.3, -0.25) is 4.79 Å². The number of halogens is 1. The lowest BCUT2D eigenvalue weighted by Gasteiger charge is -2.35. The number of amides is 1. The van der Waals surface area contributed by atoms with Gasteiger partial charge >= 0.3 is 5.97 Å². The van der Waals surface area contributed by atoms with E-state index in [-0.39, 0.29) is 29.7 Å². The molecule has 1 atom stereocenters. The Hall–Kier alpha value is -4.33. The van der Waals surface area contributed by atoms with Gasteiger partial charge in [0, 0.05) is 35.5 Å². The maximum atomic E-state index is 15.4. The standard InChI is InChI=1S/C30H29FN4O3/c1-4-22-17-26(30(37)34-16-15-20-9-6-7-11-23(20)19(34)3)32-27-18-25(33-35(22)27)24-12-8-10-21(29(24)31)13-14-28(36)38-5-2/h6-14,17-19H,4-5,15-16H2,1-3H3/b14-13+/t19-/m1/s1. The largest absolute Gasteiger partial charge is 0.463 e. The number of ether oxygens (including phenoxy) is 1. The quantitative estimate of drug-likeness (QED) is 0.254. The number of nitrogens with zero attached hydrogens (tertiary/aromatic N) is 4. The number of hydrogen-bond donors (Lipinski definition) is 0. The van der Waals surface area contributed by atoms with Crippen LogP contribution in [0.2, 0.25) is 0 Å². The van der Waals surface area contributed by atoms with Crippen molar-refractivity contribution < 1.29 is 18.7 Å². The Morgan fingerprint density at radius 3 is 2.74 bits per heavy atom. The minimum Gasteiger partial charge on any atom is -0.463 e. The minimum absolute atomic E-state index is 0.0597. The van der Waals surface area contributed by atoms with E-state index in [9.17, 15) is 9.59 Å². The molecule has 1 amide bonds. The first-order chi connectivity index (χ1) is 18.4. The van der Waals surface area contributed by atoms with Crippen LogP contribution < -0.4 is 0 Å². The Labute approximate surface area is 220 Å². The highest BCUT2D eigenvalue weighted by molar-refractivity contribution is 5.93. The van der Waals surface area contributed by atoms with Gasteiger partial charge in [0.15, 0.2) is 5.65 Å². The highest BCUT2D eigenvalue weighted by Crippen LogP contribution is 2.31. The fourth-order valence-electron chi connectivity index (χ4n) is 4.95. The first kappa shape index (κ1) is 25.3. The monoisotopic (exact) mass is 512 g/mol. The summed E-state index contributed by atoms with van der Waals surface area (Å²) in [6.45, 7) is 6.59. The molecule has 0 aliphatic carbocycles. The van der Waals surface area contributed by atoms with Crippen LogP contribution in [0.4, 0.5) is 4.39 Å². The smallest absolute Gasteiger partial charge is 0.330 e. The lowest BCUT2D eigenvalue weighted by atomic mass is 9.93. The lowest BCUT2D eigenvalue weighted by molar-refractivity contribution is -0.137. The van der Waals surface area contributed by atoms with E-state index in [0.717, 1.165) is 17.7 Å². The van der Waals surface area contributed by atoms with Crippen molar-refractivity contribution in [2.75, 3.05) is 13.2 Å². The van der Waals surface area contributed by atoms with Gasteiger partial charge in [0.05, 0.1) is 18.3 Å². The fraction of sp³-hybridized carbons (Fsp3) is 0.267. The molecule has 1 aliphatic heterocycles. The van der Waals surface area contributed by atoms with Crippen LogP contribution in [0.3, 0.4) is 0 Å². The summed E-state index contributed by atoms with van der Waals surface area (Å²) in [6, 6.07) is 16.5. The maximum absolute atomic E-state index is 15.4. The van der Waals surface area contributed by atoms with Crippen molar-refractivity contribution in [2.24, 2.45) is 0 Å². The zero-order valence-electron chi connectivity index (χ0n) is 21.6. The molecule has 1 aliphatic rings. The summed E-state index contributed by atoms with van der Waals surface area (Å²) in [5.41, 5.74) is 4.95. The predicted octanol–water partition coefficient (Wildman–Crippen LogP) is 5.43. The van der Waals surface area contributed by atoms with Crippen molar-refractivity contribution in [1.82, 2.24) is 19.5 Å². The number of esters is 1. The molecule has 0 saturated heterocycles. The molecule has 2 aromatic heterocycles. The zero-order valence-corrected chi connectivity index (χ0v) is 21.6. The van der Waals surface area contributed by atoms with Crippen LogP contribution in [-0.4, -0.2) is 44.5 Å². The molecule has 0 bridgehead atoms. The van der Waals surface area contributed by atoms with E-state index in [0.29, 0.717) is 30.0 Å². The molecule has 0 unspecified atom stereocenters. The number of rotatable bonds is 6. The third kappa shape index (κ3) is 4.69. The summed E-state index contributed by atoms with van der Waals surface area (Å²) in [5.74, 6) is -1.18. The summed E-state index contributed by atoms with van der Waals surface area (Å²) >= 11 is 0. The van der Waals surface area contributed by atoms with E-state index < -0.39 is 11.8 Å². The van der Waals surface area contributed by atoms with Crippen molar-refractivity contribution in [3.63, 3.8) is 0 Å². The number of fused-ring (bicyclic) bond motifs is 2. The molecule has 194 valence electrons. The Bertz CT molecular complexity index is 1560. The van der Waals surface area contributed by atoms with E-state index in [1.54, 1.807) is 41.8 Å². The van der Waals surface area contributed by atoms with Crippen LogP contribution in [0.25, 0.3) is 23.0 Å². The Kier molecular flexibility index (Phi) is 7.05. The average Bonchev–Trinajstić information content (AvgIpc) is 3.36. The van der Waals surface area contributed by atoms with Crippen molar-refractivity contribution in [1.29, 1.82) is 0 Å². The summed E-state index contributed by atoms with van der Waals surface area (Å²) in [5, 5.41) is 4.61. The second-order valence-corrected chi connectivity index (χ2v) is 9.20. The number of aromatic nitrogens is 3. The zero-order chi connectivity index (χ0) is 26.8. The molecule has 0 fully saturated rings.